The second-order valence-corrected chi connectivity index (χ2v) is 5.55. The molecule has 0 aliphatic carbocycles. The van der Waals surface area contributed by atoms with Crippen molar-refractivity contribution in [3.63, 3.8) is 0 Å². The highest BCUT2D eigenvalue weighted by Gasteiger charge is 2.19. The molecule has 1 heterocycles. The summed E-state index contributed by atoms with van der Waals surface area (Å²) in [5.41, 5.74) is 5.83. The minimum atomic E-state index is -0.494. The molecule has 2 aromatic rings. The van der Waals surface area contributed by atoms with Gasteiger partial charge in [-0.1, -0.05) is 30.4 Å². The predicted molar refractivity (Wildman–Crippen MR) is 86.9 cm³/mol. The molecule has 0 saturated heterocycles. The standard InChI is InChI=1S/C13H13N3O2S2/c1-15-11(17)9(12(19)20-2)10(14)16(13(15)18)8-6-4-3-5-7-8/h3-7H,14H2,1-2H3. The first-order valence-electron chi connectivity index (χ1n) is 5.74. The molecule has 0 amide bonds. The molecule has 0 aliphatic rings. The molecule has 0 saturated carbocycles. The number of nitrogens with zero attached hydrogens (tertiary/aromatic N) is 2. The van der Waals surface area contributed by atoms with E-state index in [-0.39, 0.29) is 11.4 Å². The van der Waals surface area contributed by atoms with Crippen molar-refractivity contribution in [1.29, 1.82) is 0 Å². The van der Waals surface area contributed by atoms with Crippen molar-refractivity contribution in [3.8, 4) is 5.69 Å². The van der Waals surface area contributed by atoms with Crippen molar-refractivity contribution in [1.82, 2.24) is 9.13 Å². The molecule has 5 nitrogen and oxygen atoms in total. The molecule has 1 aromatic carbocycles. The fourth-order valence-electron chi connectivity index (χ4n) is 1.85. The van der Waals surface area contributed by atoms with Gasteiger partial charge in [0.05, 0.1) is 9.88 Å². The monoisotopic (exact) mass is 307 g/mol. The lowest BCUT2D eigenvalue weighted by Gasteiger charge is -2.14. The minimum absolute atomic E-state index is 0.0728. The number of thioether (sulfide) groups is 1. The van der Waals surface area contributed by atoms with Gasteiger partial charge in [0.25, 0.3) is 5.56 Å². The van der Waals surface area contributed by atoms with Crippen LogP contribution < -0.4 is 17.0 Å². The smallest absolute Gasteiger partial charge is 0.336 e. The van der Waals surface area contributed by atoms with Crippen LogP contribution in [0.5, 0.6) is 0 Å². The molecule has 0 aliphatic heterocycles. The van der Waals surface area contributed by atoms with Gasteiger partial charge >= 0.3 is 5.69 Å². The van der Waals surface area contributed by atoms with Gasteiger partial charge in [-0.2, -0.15) is 0 Å². The number of nitrogens with two attached hydrogens (primary N) is 1. The van der Waals surface area contributed by atoms with Crippen molar-refractivity contribution in [2.75, 3.05) is 12.0 Å². The zero-order valence-electron chi connectivity index (χ0n) is 11.0. The quantitative estimate of drug-likeness (QED) is 0.843. The van der Waals surface area contributed by atoms with Crippen LogP contribution >= 0.6 is 24.0 Å². The zero-order chi connectivity index (χ0) is 14.9. The molecule has 0 spiro atoms. The third kappa shape index (κ3) is 2.30. The number of hydrogen-bond donors (Lipinski definition) is 1. The van der Waals surface area contributed by atoms with E-state index in [1.54, 1.807) is 30.5 Å². The van der Waals surface area contributed by atoms with Gasteiger partial charge in [-0.25, -0.2) is 9.36 Å². The van der Waals surface area contributed by atoms with Crippen LogP contribution in [0.25, 0.3) is 5.69 Å². The Kier molecular flexibility index (Phi) is 4.10. The highest BCUT2D eigenvalue weighted by molar-refractivity contribution is 8.23. The predicted octanol–water partition coefficient (Wildman–Crippen LogP) is 1.16. The Labute approximate surface area is 125 Å². The Hall–Kier alpha value is -1.86. The highest BCUT2D eigenvalue weighted by Crippen LogP contribution is 2.16. The Morgan fingerprint density at radius 3 is 2.40 bits per heavy atom. The van der Waals surface area contributed by atoms with Gasteiger partial charge in [0.1, 0.15) is 11.4 Å². The summed E-state index contributed by atoms with van der Waals surface area (Å²) in [4.78, 5) is 24.4. The van der Waals surface area contributed by atoms with Gasteiger partial charge in [-0.3, -0.25) is 9.36 Å². The molecule has 2 N–H and O–H groups in total. The van der Waals surface area contributed by atoms with E-state index in [0.717, 1.165) is 4.57 Å². The summed E-state index contributed by atoms with van der Waals surface area (Å²) in [6, 6.07) is 8.90. The summed E-state index contributed by atoms with van der Waals surface area (Å²) >= 11 is 6.41. The summed E-state index contributed by atoms with van der Waals surface area (Å²) in [6.45, 7) is 0. The van der Waals surface area contributed by atoms with Crippen LogP contribution in [0.1, 0.15) is 5.56 Å². The fraction of sp³-hybridized carbons (Fsp3) is 0.154. The van der Waals surface area contributed by atoms with E-state index in [9.17, 15) is 9.59 Å². The molecule has 0 atom stereocenters. The van der Waals surface area contributed by atoms with E-state index in [2.05, 4.69) is 0 Å². The molecule has 1 aromatic heterocycles. The lowest BCUT2D eigenvalue weighted by atomic mass is 10.3. The lowest BCUT2D eigenvalue weighted by molar-refractivity contribution is 0.733. The number of para-hydroxylation sites is 1. The van der Waals surface area contributed by atoms with E-state index in [1.807, 2.05) is 6.07 Å². The second kappa shape index (κ2) is 5.64. The number of benzene rings is 1. The summed E-state index contributed by atoms with van der Waals surface area (Å²) in [7, 11) is 1.41. The molecule has 7 heteroatoms. The molecule has 0 radical (unpaired) electrons. The number of aromatic nitrogens is 2. The molecule has 20 heavy (non-hydrogen) atoms. The Balaban J connectivity index is 2.90. The maximum atomic E-state index is 12.3. The first-order chi connectivity index (χ1) is 9.49. The van der Waals surface area contributed by atoms with Crippen LogP contribution in [-0.4, -0.2) is 19.6 Å². The summed E-state index contributed by atoms with van der Waals surface area (Å²) in [6.07, 6.45) is 1.76. The van der Waals surface area contributed by atoms with Gasteiger partial charge in [-0.15, -0.1) is 11.8 Å². The minimum Gasteiger partial charge on any atom is -0.384 e. The van der Waals surface area contributed by atoms with Crippen LogP contribution in [0.3, 0.4) is 0 Å². The van der Waals surface area contributed by atoms with Crippen LogP contribution in [0.4, 0.5) is 5.82 Å². The highest BCUT2D eigenvalue weighted by atomic mass is 32.2. The van der Waals surface area contributed by atoms with Crippen molar-refractivity contribution in [2.45, 2.75) is 0 Å². The number of rotatable bonds is 2. The van der Waals surface area contributed by atoms with E-state index < -0.39 is 11.2 Å². The normalized spacial score (nSPS) is 10.5. The second-order valence-electron chi connectivity index (χ2n) is 4.07. The van der Waals surface area contributed by atoms with E-state index in [4.69, 9.17) is 18.0 Å². The number of thiocarbonyl (C=S) groups is 1. The van der Waals surface area contributed by atoms with Crippen LogP contribution in [0, 0.1) is 0 Å². The number of hydrogen-bond acceptors (Lipinski definition) is 5. The molecule has 0 bridgehead atoms. The largest absolute Gasteiger partial charge is 0.384 e. The summed E-state index contributed by atoms with van der Waals surface area (Å²) in [5.74, 6) is 0.0728. The van der Waals surface area contributed by atoms with Crippen molar-refractivity contribution < 1.29 is 0 Å². The molecular weight excluding hydrogens is 294 g/mol. The first-order valence-corrected chi connectivity index (χ1v) is 7.37. The average Bonchev–Trinajstić information content (AvgIpc) is 2.46. The summed E-state index contributed by atoms with van der Waals surface area (Å²) < 4.78 is 2.67. The van der Waals surface area contributed by atoms with Crippen molar-refractivity contribution in [2.24, 2.45) is 7.05 Å². The maximum absolute atomic E-state index is 12.3. The Morgan fingerprint density at radius 1 is 1.25 bits per heavy atom. The fourth-order valence-corrected chi connectivity index (χ4v) is 2.44. The Morgan fingerprint density at radius 2 is 1.85 bits per heavy atom. The van der Waals surface area contributed by atoms with Gasteiger partial charge in [-0.05, 0) is 18.4 Å². The van der Waals surface area contributed by atoms with Crippen molar-refractivity contribution in [3.05, 3.63) is 56.7 Å². The van der Waals surface area contributed by atoms with Gasteiger partial charge < -0.3 is 5.73 Å². The average molecular weight is 307 g/mol. The van der Waals surface area contributed by atoms with Gasteiger partial charge in [0, 0.05) is 7.05 Å². The zero-order valence-corrected chi connectivity index (χ0v) is 12.6. The van der Waals surface area contributed by atoms with Crippen molar-refractivity contribution >= 4 is 34.0 Å². The van der Waals surface area contributed by atoms with Gasteiger partial charge in [0.2, 0.25) is 0 Å². The van der Waals surface area contributed by atoms with E-state index >= 15 is 0 Å². The first kappa shape index (κ1) is 14.5. The molecule has 104 valence electrons. The number of anilines is 1. The topological polar surface area (TPSA) is 70.0 Å². The maximum Gasteiger partial charge on any atom is 0.336 e. The van der Waals surface area contributed by atoms with E-state index in [0.29, 0.717) is 9.88 Å². The van der Waals surface area contributed by atoms with E-state index in [1.165, 1.54) is 23.4 Å². The van der Waals surface area contributed by atoms with Crippen LogP contribution in [-0.2, 0) is 7.05 Å². The van der Waals surface area contributed by atoms with Crippen LogP contribution in [0.15, 0.2) is 39.9 Å². The molecule has 0 unspecified atom stereocenters. The SMILES string of the molecule is CSC(=S)c1c(N)n(-c2ccccc2)c(=O)n(C)c1=O. The summed E-state index contributed by atoms with van der Waals surface area (Å²) in [5, 5.41) is 0. The number of nitrogen functional groups attached to an aromatic ring is 1. The molecular formula is C13H13N3O2S2. The van der Waals surface area contributed by atoms with Gasteiger partial charge in [0.15, 0.2) is 0 Å². The Bertz CT molecular complexity index is 779. The van der Waals surface area contributed by atoms with Crippen LogP contribution in [0.2, 0.25) is 0 Å². The third-order valence-electron chi connectivity index (χ3n) is 2.90. The molecule has 0 fully saturated rings. The third-order valence-corrected chi connectivity index (χ3v) is 4.18. The lowest BCUT2D eigenvalue weighted by Crippen LogP contribution is -2.41. The molecule has 2 rings (SSSR count).